The largest absolute Gasteiger partial charge is 0.385 e. The molecule has 0 bridgehead atoms. The SMILES string of the molecule is COCCCCC(=O)NCc1ccc(Cl)cc1Cl. The van der Waals surface area contributed by atoms with Crippen molar-refractivity contribution in [3.05, 3.63) is 33.8 Å². The number of hydrogen-bond acceptors (Lipinski definition) is 2. The second kappa shape index (κ2) is 8.35. The Morgan fingerprint density at radius 2 is 2.11 bits per heavy atom. The maximum atomic E-state index is 11.5. The molecule has 5 heteroatoms. The van der Waals surface area contributed by atoms with Crippen LogP contribution in [0.3, 0.4) is 0 Å². The summed E-state index contributed by atoms with van der Waals surface area (Å²) in [5.41, 5.74) is 0.867. The van der Waals surface area contributed by atoms with Crippen molar-refractivity contribution in [1.29, 1.82) is 0 Å². The summed E-state index contributed by atoms with van der Waals surface area (Å²) in [6, 6.07) is 5.24. The Morgan fingerprint density at radius 3 is 2.78 bits per heavy atom. The fourth-order valence-electron chi connectivity index (χ4n) is 1.48. The first kappa shape index (κ1) is 15.3. The summed E-state index contributed by atoms with van der Waals surface area (Å²) in [4.78, 5) is 11.5. The number of halogens is 2. The first-order valence-corrected chi connectivity index (χ1v) is 6.58. The van der Waals surface area contributed by atoms with Crippen LogP contribution >= 0.6 is 23.2 Å². The van der Waals surface area contributed by atoms with E-state index in [1.54, 1.807) is 19.2 Å². The molecule has 0 radical (unpaired) electrons. The summed E-state index contributed by atoms with van der Waals surface area (Å²) in [6.07, 6.45) is 2.23. The van der Waals surface area contributed by atoms with Gasteiger partial charge in [-0.25, -0.2) is 0 Å². The van der Waals surface area contributed by atoms with E-state index in [1.807, 2.05) is 6.07 Å². The van der Waals surface area contributed by atoms with E-state index in [1.165, 1.54) is 0 Å². The van der Waals surface area contributed by atoms with E-state index in [-0.39, 0.29) is 5.91 Å². The Balaban J connectivity index is 2.29. The van der Waals surface area contributed by atoms with Crippen LogP contribution in [0.25, 0.3) is 0 Å². The minimum absolute atomic E-state index is 0.0251. The number of carbonyl (C=O) groups excluding carboxylic acids is 1. The van der Waals surface area contributed by atoms with Gasteiger partial charge in [-0.15, -0.1) is 0 Å². The Labute approximate surface area is 117 Å². The van der Waals surface area contributed by atoms with Crippen LogP contribution in [-0.4, -0.2) is 19.6 Å². The maximum absolute atomic E-state index is 11.5. The van der Waals surface area contributed by atoms with Crippen molar-refractivity contribution in [2.24, 2.45) is 0 Å². The van der Waals surface area contributed by atoms with Crippen LogP contribution < -0.4 is 5.32 Å². The van der Waals surface area contributed by atoms with Gasteiger partial charge in [-0.2, -0.15) is 0 Å². The fourth-order valence-corrected chi connectivity index (χ4v) is 1.95. The molecule has 1 aromatic carbocycles. The van der Waals surface area contributed by atoms with Crippen LogP contribution in [0.4, 0.5) is 0 Å². The van der Waals surface area contributed by atoms with Gasteiger partial charge in [-0.3, -0.25) is 4.79 Å². The first-order chi connectivity index (χ1) is 8.63. The fraction of sp³-hybridized carbons (Fsp3) is 0.462. The van der Waals surface area contributed by atoms with Gasteiger partial charge in [0.05, 0.1) is 0 Å². The summed E-state index contributed by atoms with van der Waals surface area (Å²) >= 11 is 11.8. The Morgan fingerprint density at radius 1 is 1.33 bits per heavy atom. The quantitative estimate of drug-likeness (QED) is 0.781. The van der Waals surface area contributed by atoms with Gasteiger partial charge in [0.1, 0.15) is 0 Å². The molecule has 1 aromatic rings. The van der Waals surface area contributed by atoms with Crippen molar-refractivity contribution in [2.75, 3.05) is 13.7 Å². The molecule has 0 spiro atoms. The molecule has 100 valence electrons. The molecule has 0 aliphatic carbocycles. The molecule has 1 amide bonds. The van der Waals surface area contributed by atoms with Gasteiger partial charge >= 0.3 is 0 Å². The monoisotopic (exact) mass is 289 g/mol. The number of ether oxygens (including phenoxy) is 1. The lowest BCUT2D eigenvalue weighted by Crippen LogP contribution is -2.22. The van der Waals surface area contributed by atoms with Crippen molar-refractivity contribution in [2.45, 2.75) is 25.8 Å². The number of amides is 1. The molecule has 0 saturated heterocycles. The maximum Gasteiger partial charge on any atom is 0.220 e. The highest BCUT2D eigenvalue weighted by molar-refractivity contribution is 6.35. The van der Waals surface area contributed by atoms with Gasteiger partial charge in [-0.05, 0) is 30.5 Å². The number of carbonyl (C=O) groups is 1. The van der Waals surface area contributed by atoms with Crippen LogP contribution in [0.15, 0.2) is 18.2 Å². The zero-order chi connectivity index (χ0) is 13.4. The van der Waals surface area contributed by atoms with E-state index in [4.69, 9.17) is 27.9 Å². The molecular formula is C13H17Cl2NO2. The van der Waals surface area contributed by atoms with Gasteiger partial charge in [0.2, 0.25) is 5.91 Å². The number of benzene rings is 1. The molecule has 1 N–H and O–H groups in total. The van der Waals surface area contributed by atoms with Crippen LogP contribution in [-0.2, 0) is 16.1 Å². The van der Waals surface area contributed by atoms with Gasteiger partial charge in [0.15, 0.2) is 0 Å². The van der Waals surface area contributed by atoms with E-state index in [0.717, 1.165) is 18.4 Å². The number of methoxy groups -OCH3 is 1. The molecule has 0 heterocycles. The topological polar surface area (TPSA) is 38.3 Å². The summed E-state index contributed by atoms with van der Waals surface area (Å²) in [5, 5.41) is 3.99. The van der Waals surface area contributed by atoms with E-state index in [2.05, 4.69) is 5.32 Å². The molecule has 0 aromatic heterocycles. The second-order valence-electron chi connectivity index (χ2n) is 3.96. The van der Waals surface area contributed by atoms with Crippen LogP contribution in [0.1, 0.15) is 24.8 Å². The lowest BCUT2D eigenvalue weighted by molar-refractivity contribution is -0.121. The smallest absolute Gasteiger partial charge is 0.220 e. The predicted octanol–water partition coefficient (Wildman–Crippen LogP) is 3.43. The van der Waals surface area contributed by atoms with Gasteiger partial charge in [0, 0.05) is 36.7 Å². The minimum atomic E-state index is 0.0251. The van der Waals surface area contributed by atoms with Crippen LogP contribution in [0.5, 0.6) is 0 Å². The average molecular weight is 290 g/mol. The molecule has 0 saturated carbocycles. The van der Waals surface area contributed by atoms with Crippen molar-refractivity contribution < 1.29 is 9.53 Å². The summed E-state index contributed by atoms with van der Waals surface area (Å²) in [6.45, 7) is 1.12. The van der Waals surface area contributed by atoms with E-state index in [9.17, 15) is 4.79 Å². The molecule has 3 nitrogen and oxygen atoms in total. The highest BCUT2D eigenvalue weighted by Gasteiger charge is 2.04. The van der Waals surface area contributed by atoms with E-state index < -0.39 is 0 Å². The highest BCUT2D eigenvalue weighted by Crippen LogP contribution is 2.20. The van der Waals surface area contributed by atoms with E-state index >= 15 is 0 Å². The third kappa shape index (κ3) is 5.71. The number of nitrogens with one attached hydrogen (secondary N) is 1. The Kier molecular flexibility index (Phi) is 7.09. The lowest BCUT2D eigenvalue weighted by atomic mass is 10.2. The van der Waals surface area contributed by atoms with Gasteiger partial charge in [-0.1, -0.05) is 29.3 Å². The van der Waals surface area contributed by atoms with Gasteiger partial charge < -0.3 is 10.1 Å². The lowest BCUT2D eigenvalue weighted by Gasteiger charge is -2.07. The zero-order valence-electron chi connectivity index (χ0n) is 10.3. The average Bonchev–Trinajstić information content (AvgIpc) is 2.33. The summed E-state index contributed by atoms with van der Waals surface area (Å²) < 4.78 is 4.92. The zero-order valence-corrected chi connectivity index (χ0v) is 11.9. The molecule has 0 atom stereocenters. The van der Waals surface area contributed by atoms with Gasteiger partial charge in [0.25, 0.3) is 0 Å². The molecule has 0 unspecified atom stereocenters. The minimum Gasteiger partial charge on any atom is -0.385 e. The van der Waals surface area contributed by atoms with Crippen molar-refractivity contribution in [3.63, 3.8) is 0 Å². The third-order valence-corrected chi connectivity index (χ3v) is 3.08. The molecule has 1 rings (SSSR count). The second-order valence-corrected chi connectivity index (χ2v) is 4.81. The molecule has 0 aliphatic rings. The number of hydrogen-bond donors (Lipinski definition) is 1. The first-order valence-electron chi connectivity index (χ1n) is 5.83. The third-order valence-electron chi connectivity index (χ3n) is 2.49. The number of unbranched alkanes of at least 4 members (excludes halogenated alkanes) is 1. The van der Waals surface area contributed by atoms with E-state index in [0.29, 0.717) is 29.6 Å². The standard InChI is InChI=1S/C13H17Cl2NO2/c1-18-7-3-2-4-13(17)16-9-10-5-6-11(14)8-12(10)15/h5-6,8H,2-4,7,9H2,1H3,(H,16,17). The molecule has 18 heavy (non-hydrogen) atoms. The summed E-state index contributed by atoms with van der Waals surface area (Å²) in [7, 11) is 1.66. The van der Waals surface area contributed by atoms with Crippen molar-refractivity contribution in [3.8, 4) is 0 Å². The van der Waals surface area contributed by atoms with Crippen molar-refractivity contribution in [1.82, 2.24) is 5.32 Å². The Hall–Kier alpha value is -0.770. The number of rotatable bonds is 7. The molecule has 0 fully saturated rings. The predicted molar refractivity (Wildman–Crippen MR) is 74.0 cm³/mol. The molecule has 0 aliphatic heterocycles. The van der Waals surface area contributed by atoms with Crippen LogP contribution in [0, 0.1) is 0 Å². The summed E-state index contributed by atoms with van der Waals surface area (Å²) in [5.74, 6) is 0.0251. The van der Waals surface area contributed by atoms with Crippen LogP contribution in [0.2, 0.25) is 10.0 Å². The Bertz CT molecular complexity index is 397. The normalized spacial score (nSPS) is 10.4. The van der Waals surface area contributed by atoms with Crippen molar-refractivity contribution >= 4 is 29.1 Å². The molecular weight excluding hydrogens is 273 g/mol. The highest BCUT2D eigenvalue weighted by atomic mass is 35.5.